The summed E-state index contributed by atoms with van der Waals surface area (Å²) < 4.78 is 28.1. The van der Waals surface area contributed by atoms with Crippen molar-refractivity contribution in [2.45, 2.75) is 96.0 Å². The molecule has 1 saturated carbocycles. The van der Waals surface area contributed by atoms with Crippen LogP contribution in [0.3, 0.4) is 0 Å². The quantitative estimate of drug-likeness (QED) is 0.140. The molecule has 0 bridgehead atoms. The Kier molecular flexibility index (Phi) is 15.8. The molecule has 1 aliphatic carbocycles. The van der Waals surface area contributed by atoms with Gasteiger partial charge in [-0.1, -0.05) is 82.7 Å². The number of hydrogen-bond donors (Lipinski definition) is 3. The highest BCUT2D eigenvalue weighted by molar-refractivity contribution is 7.99. The minimum atomic E-state index is -3.58. The van der Waals surface area contributed by atoms with Crippen molar-refractivity contribution in [2.75, 3.05) is 29.3 Å². The summed E-state index contributed by atoms with van der Waals surface area (Å²) in [5.41, 5.74) is 3.28. The molecule has 0 heterocycles. The first-order chi connectivity index (χ1) is 21.6. The Morgan fingerprint density at radius 1 is 1.04 bits per heavy atom. The molecular weight excluding hydrogens is 625 g/mol. The van der Waals surface area contributed by atoms with E-state index in [1.165, 1.54) is 43.9 Å². The van der Waals surface area contributed by atoms with Gasteiger partial charge in [-0.05, 0) is 84.3 Å². The smallest absolute Gasteiger partial charge is 0.326 e. The highest BCUT2D eigenvalue weighted by atomic mass is 32.2. The number of benzene rings is 2. The Morgan fingerprint density at radius 3 is 2.42 bits per heavy atom. The lowest BCUT2D eigenvalue weighted by Gasteiger charge is -2.31. The molecule has 0 aromatic heterocycles. The monoisotopic (exact) mass is 676 g/mol. The van der Waals surface area contributed by atoms with E-state index < -0.39 is 33.1 Å². The first kappa shape index (κ1) is 37.4. The predicted molar refractivity (Wildman–Crippen MR) is 191 cm³/mol. The largest absolute Gasteiger partial charge is 0.480 e. The zero-order chi connectivity index (χ0) is 32.8. The lowest BCUT2D eigenvalue weighted by Crippen LogP contribution is -2.42. The highest BCUT2D eigenvalue weighted by Gasteiger charge is 2.32. The molecule has 1 aliphatic rings. The number of rotatable bonds is 19. The van der Waals surface area contributed by atoms with Gasteiger partial charge < -0.3 is 10.4 Å². The maximum Gasteiger partial charge on any atom is 0.326 e. The molecule has 0 aliphatic heterocycles. The molecular formula is C35H52N2O5S3. The molecule has 1 amide bonds. The van der Waals surface area contributed by atoms with Gasteiger partial charge >= 0.3 is 5.97 Å². The first-order valence-corrected chi connectivity index (χ1v) is 20.7. The Labute approximate surface area is 279 Å². The van der Waals surface area contributed by atoms with Gasteiger partial charge in [-0.2, -0.15) is 23.5 Å². The number of amides is 1. The number of carbonyl (C=O) groups is 2. The summed E-state index contributed by atoms with van der Waals surface area (Å²) in [6, 6.07) is 12.0. The molecule has 1 fully saturated rings. The number of sulfone groups is 1. The second-order valence-corrected chi connectivity index (χ2v) is 16.6. The molecule has 250 valence electrons. The minimum absolute atomic E-state index is 0.0390. The van der Waals surface area contributed by atoms with Crippen molar-refractivity contribution in [1.82, 2.24) is 10.6 Å². The van der Waals surface area contributed by atoms with Crippen molar-refractivity contribution in [3.63, 3.8) is 0 Å². The fraction of sp³-hybridized carbons (Fsp3) is 0.600. The maximum absolute atomic E-state index is 14.0. The number of carbonyl (C=O) groups excluding carboxylic acids is 1. The molecule has 0 spiro atoms. The van der Waals surface area contributed by atoms with Crippen LogP contribution in [-0.4, -0.2) is 66.8 Å². The SMILES string of the molecule is CCCCS(=O)(=O)C(NC(CSCC)CC1CCCCC1)c1ccc(C(=O)N[C@@H](CCSC)C(=O)O)c(-c2ccccc2C)c1. The molecule has 0 saturated heterocycles. The Bertz CT molecular complexity index is 1340. The van der Waals surface area contributed by atoms with Gasteiger partial charge in [-0.25, -0.2) is 13.2 Å². The van der Waals surface area contributed by atoms with Crippen molar-refractivity contribution >= 4 is 45.2 Å². The molecule has 2 aromatic carbocycles. The first-order valence-electron chi connectivity index (χ1n) is 16.4. The van der Waals surface area contributed by atoms with Gasteiger partial charge in [0.05, 0.1) is 5.75 Å². The Hall–Kier alpha value is -2.01. The number of thioether (sulfide) groups is 2. The molecule has 45 heavy (non-hydrogen) atoms. The van der Waals surface area contributed by atoms with E-state index in [1.54, 1.807) is 12.1 Å². The van der Waals surface area contributed by atoms with Crippen molar-refractivity contribution in [3.8, 4) is 11.1 Å². The van der Waals surface area contributed by atoms with Gasteiger partial charge in [0.25, 0.3) is 5.91 Å². The van der Waals surface area contributed by atoms with Crippen LogP contribution < -0.4 is 10.6 Å². The lowest BCUT2D eigenvalue weighted by atomic mass is 9.85. The third-order valence-corrected chi connectivity index (χ3v) is 12.3. The summed E-state index contributed by atoms with van der Waals surface area (Å²) in [7, 11) is -3.58. The average molecular weight is 677 g/mol. The summed E-state index contributed by atoms with van der Waals surface area (Å²) in [4.78, 5) is 25.6. The van der Waals surface area contributed by atoms with Crippen molar-refractivity contribution in [3.05, 3.63) is 59.2 Å². The predicted octanol–water partition coefficient (Wildman–Crippen LogP) is 7.49. The maximum atomic E-state index is 14.0. The van der Waals surface area contributed by atoms with Crippen molar-refractivity contribution in [1.29, 1.82) is 0 Å². The van der Waals surface area contributed by atoms with Crippen LogP contribution in [0.25, 0.3) is 11.1 Å². The summed E-state index contributed by atoms with van der Waals surface area (Å²) in [6.45, 7) is 6.08. The third-order valence-electron chi connectivity index (χ3n) is 8.63. The number of nitrogens with one attached hydrogen (secondary N) is 2. The van der Waals surface area contributed by atoms with E-state index in [1.807, 2.05) is 62.2 Å². The number of unbranched alkanes of at least 4 members (excludes halogenated alkanes) is 1. The molecule has 0 radical (unpaired) electrons. The standard InChI is InChI=1S/C35H52N2O5S3/c1-5-7-21-45(41,42)34(36-28(24-44-6-2)22-26-14-9-8-10-15-26)27-17-18-30(31(23-27)29-16-12-11-13-25(29)3)33(38)37-32(35(39)40)19-20-43-4/h11-13,16-18,23,26,28,32,34,36H,5-10,14-15,19-22,24H2,1-4H3,(H,37,38)(H,39,40)/t28?,32-,34?/m0/s1. The van der Waals surface area contributed by atoms with Gasteiger partial charge in [0.15, 0.2) is 9.84 Å². The lowest BCUT2D eigenvalue weighted by molar-refractivity contribution is -0.139. The normalized spacial score (nSPS) is 16.2. The van der Waals surface area contributed by atoms with E-state index in [0.717, 1.165) is 35.5 Å². The molecule has 2 unspecified atom stereocenters. The fourth-order valence-corrected chi connectivity index (χ4v) is 9.22. The van der Waals surface area contributed by atoms with E-state index in [2.05, 4.69) is 17.6 Å². The molecule has 3 atom stereocenters. The van der Waals surface area contributed by atoms with Crippen LogP contribution in [-0.2, 0) is 14.6 Å². The second kappa shape index (κ2) is 19.0. The van der Waals surface area contributed by atoms with Gasteiger partial charge in [0.1, 0.15) is 11.4 Å². The van der Waals surface area contributed by atoms with E-state index in [0.29, 0.717) is 41.2 Å². The van der Waals surface area contributed by atoms with Crippen LogP contribution in [0.5, 0.6) is 0 Å². The average Bonchev–Trinajstić information content (AvgIpc) is 3.03. The summed E-state index contributed by atoms with van der Waals surface area (Å²) >= 11 is 3.36. The Balaban J connectivity index is 2.09. The fourth-order valence-electron chi connectivity index (χ4n) is 6.10. The van der Waals surface area contributed by atoms with Gasteiger partial charge in [0.2, 0.25) is 0 Å². The van der Waals surface area contributed by atoms with E-state index >= 15 is 0 Å². The van der Waals surface area contributed by atoms with Crippen LogP contribution >= 0.6 is 23.5 Å². The van der Waals surface area contributed by atoms with Gasteiger partial charge in [0, 0.05) is 17.4 Å². The van der Waals surface area contributed by atoms with Gasteiger partial charge in [-0.3, -0.25) is 10.1 Å². The third kappa shape index (κ3) is 11.3. The highest BCUT2D eigenvalue weighted by Crippen LogP contribution is 2.34. The van der Waals surface area contributed by atoms with Crippen LogP contribution in [0, 0.1) is 12.8 Å². The van der Waals surface area contributed by atoms with Crippen LogP contribution in [0.2, 0.25) is 0 Å². The zero-order valence-corrected chi connectivity index (χ0v) is 29.8. The van der Waals surface area contributed by atoms with Crippen molar-refractivity contribution < 1.29 is 23.1 Å². The molecule has 10 heteroatoms. The number of hydrogen-bond acceptors (Lipinski definition) is 7. The zero-order valence-electron chi connectivity index (χ0n) is 27.3. The van der Waals surface area contributed by atoms with Crippen molar-refractivity contribution in [2.24, 2.45) is 5.92 Å². The van der Waals surface area contributed by atoms with E-state index in [9.17, 15) is 23.1 Å². The molecule has 2 aromatic rings. The molecule has 7 nitrogen and oxygen atoms in total. The minimum Gasteiger partial charge on any atom is -0.480 e. The van der Waals surface area contributed by atoms with Crippen LogP contribution in [0.4, 0.5) is 0 Å². The summed E-state index contributed by atoms with van der Waals surface area (Å²) in [6.07, 6.45) is 10.6. The Morgan fingerprint density at radius 2 is 1.78 bits per heavy atom. The van der Waals surface area contributed by atoms with E-state index in [-0.39, 0.29) is 11.8 Å². The number of aryl methyl sites for hydroxylation is 1. The van der Waals surface area contributed by atoms with Crippen LogP contribution in [0.15, 0.2) is 42.5 Å². The number of aliphatic carboxylic acids is 1. The van der Waals surface area contributed by atoms with Gasteiger partial charge in [-0.15, -0.1) is 0 Å². The summed E-state index contributed by atoms with van der Waals surface area (Å²) in [5.74, 6) is 1.51. The number of carboxylic acid groups (broad SMARTS) is 1. The van der Waals surface area contributed by atoms with Crippen LogP contribution in [0.1, 0.15) is 98.5 Å². The number of carboxylic acids is 1. The molecule has 3 N–H and O–H groups in total. The second-order valence-electron chi connectivity index (χ2n) is 12.1. The topological polar surface area (TPSA) is 113 Å². The molecule has 3 rings (SSSR count). The summed E-state index contributed by atoms with van der Waals surface area (Å²) in [5, 5.41) is 15.2. The van der Waals surface area contributed by atoms with E-state index in [4.69, 9.17) is 0 Å².